The number of allylic oxidation sites excluding steroid dienone is 1. The summed E-state index contributed by atoms with van der Waals surface area (Å²) in [7, 11) is 0. The summed E-state index contributed by atoms with van der Waals surface area (Å²) >= 11 is 0. The van der Waals surface area contributed by atoms with Gasteiger partial charge in [-0.1, -0.05) is 6.08 Å². The van der Waals surface area contributed by atoms with E-state index in [1.165, 1.54) is 12.5 Å². The van der Waals surface area contributed by atoms with Crippen LogP contribution in [0.5, 0.6) is 0 Å². The monoisotopic (exact) mass is 135 g/mol. The lowest BCUT2D eigenvalue weighted by Gasteiger charge is -1.90. The van der Waals surface area contributed by atoms with Crippen LogP contribution in [0.1, 0.15) is 5.69 Å². The van der Waals surface area contributed by atoms with Crippen LogP contribution < -0.4 is 5.73 Å². The first-order chi connectivity index (χ1) is 4.93. The molecule has 10 heavy (non-hydrogen) atoms. The van der Waals surface area contributed by atoms with Crippen LogP contribution in [0.25, 0.3) is 0 Å². The van der Waals surface area contributed by atoms with E-state index in [-0.39, 0.29) is 0 Å². The third-order valence-corrected chi connectivity index (χ3v) is 1.11. The van der Waals surface area contributed by atoms with Crippen molar-refractivity contribution in [3.63, 3.8) is 0 Å². The molecule has 0 bridgehead atoms. The quantitative estimate of drug-likeness (QED) is 0.642. The standard InChI is InChI=1S/C7H9N3/c8-4-1-2-7-3-5-9-6-10-7/h1,3-6H,2,8H2. The van der Waals surface area contributed by atoms with Crippen molar-refractivity contribution in [1.82, 2.24) is 9.97 Å². The van der Waals surface area contributed by atoms with Crippen molar-refractivity contribution >= 4 is 0 Å². The van der Waals surface area contributed by atoms with Crippen LogP contribution in [0.3, 0.4) is 0 Å². The molecule has 0 saturated carbocycles. The molecule has 2 N–H and O–H groups in total. The second-order valence-electron chi connectivity index (χ2n) is 1.83. The Morgan fingerprint density at radius 1 is 1.60 bits per heavy atom. The molecular formula is C7H9N3. The van der Waals surface area contributed by atoms with Gasteiger partial charge in [-0.05, 0) is 12.3 Å². The van der Waals surface area contributed by atoms with Gasteiger partial charge in [-0.15, -0.1) is 0 Å². The van der Waals surface area contributed by atoms with Gasteiger partial charge in [0, 0.05) is 18.3 Å². The Morgan fingerprint density at radius 2 is 2.50 bits per heavy atom. The van der Waals surface area contributed by atoms with Gasteiger partial charge in [0.15, 0.2) is 0 Å². The van der Waals surface area contributed by atoms with Gasteiger partial charge in [0.05, 0.1) is 0 Å². The van der Waals surface area contributed by atoms with E-state index in [4.69, 9.17) is 5.73 Å². The first-order valence-electron chi connectivity index (χ1n) is 3.05. The third kappa shape index (κ3) is 1.85. The summed E-state index contributed by atoms with van der Waals surface area (Å²) in [5.41, 5.74) is 6.14. The molecule has 1 heterocycles. The van der Waals surface area contributed by atoms with Gasteiger partial charge in [0.25, 0.3) is 0 Å². The van der Waals surface area contributed by atoms with Crippen molar-refractivity contribution in [1.29, 1.82) is 0 Å². The van der Waals surface area contributed by atoms with Gasteiger partial charge >= 0.3 is 0 Å². The molecule has 0 spiro atoms. The average molecular weight is 135 g/mol. The summed E-state index contributed by atoms with van der Waals surface area (Å²) < 4.78 is 0. The van der Waals surface area contributed by atoms with Crippen LogP contribution in [0, 0.1) is 0 Å². The zero-order valence-corrected chi connectivity index (χ0v) is 5.57. The van der Waals surface area contributed by atoms with Crippen LogP contribution >= 0.6 is 0 Å². The Bertz CT molecular complexity index is 205. The highest BCUT2D eigenvalue weighted by Gasteiger charge is 1.85. The van der Waals surface area contributed by atoms with E-state index in [1.54, 1.807) is 6.20 Å². The molecule has 0 unspecified atom stereocenters. The molecule has 0 fully saturated rings. The van der Waals surface area contributed by atoms with E-state index in [9.17, 15) is 0 Å². The van der Waals surface area contributed by atoms with Crippen molar-refractivity contribution in [3.05, 3.63) is 36.6 Å². The maximum Gasteiger partial charge on any atom is 0.115 e. The number of nitrogens with two attached hydrogens (primary N) is 1. The molecule has 3 heteroatoms. The molecule has 1 aromatic rings. The lowest BCUT2D eigenvalue weighted by Crippen LogP contribution is -1.87. The Morgan fingerprint density at radius 3 is 3.10 bits per heavy atom. The molecule has 0 aromatic carbocycles. The van der Waals surface area contributed by atoms with Gasteiger partial charge in [0.1, 0.15) is 6.33 Å². The average Bonchev–Trinajstić information content (AvgIpc) is 2.03. The molecule has 0 aliphatic carbocycles. The SMILES string of the molecule is NC=CCc1ccncn1. The van der Waals surface area contributed by atoms with Crippen LogP contribution in [-0.2, 0) is 6.42 Å². The summed E-state index contributed by atoms with van der Waals surface area (Å²) in [6.45, 7) is 0. The van der Waals surface area contributed by atoms with E-state index in [1.807, 2.05) is 12.1 Å². The highest BCUT2D eigenvalue weighted by molar-refractivity contribution is 5.02. The molecule has 1 aromatic heterocycles. The molecule has 0 radical (unpaired) electrons. The van der Waals surface area contributed by atoms with E-state index in [0.717, 1.165) is 12.1 Å². The topological polar surface area (TPSA) is 51.8 Å². The van der Waals surface area contributed by atoms with Gasteiger partial charge in [-0.3, -0.25) is 0 Å². The largest absolute Gasteiger partial charge is 0.405 e. The van der Waals surface area contributed by atoms with E-state index >= 15 is 0 Å². The minimum Gasteiger partial charge on any atom is -0.405 e. The van der Waals surface area contributed by atoms with Gasteiger partial charge in [0.2, 0.25) is 0 Å². The van der Waals surface area contributed by atoms with Crippen LogP contribution in [0.2, 0.25) is 0 Å². The number of aromatic nitrogens is 2. The Kier molecular flexibility index (Phi) is 2.43. The van der Waals surface area contributed by atoms with Gasteiger partial charge < -0.3 is 5.73 Å². The predicted octanol–water partition coefficient (Wildman–Crippen LogP) is 0.492. The zero-order chi connectivity index (χ0) is 7.23. The fourth-order valence-corrected chi connectivity index (χ4v) is 0.628. The molecule has 0 aliphatic heterocycles. The van der Waals surface area contributed by atoms with Crippen LogP contribution in [0.15, 0.2) is 30.9 Å². The smallest absolute Gasteiger partial charge is 0.115 e. The maximum absolute atomic E-state index is 5.15. The fraction of sp³-hybridized carbons (Fsp3) is 0.143. The van der Waals surface area contributed by atoms with Crippen molar-refractivity contribution in [2.75, 3.05) is 0 Å². The number of hydrogen-bond acceptors (Lipinski definition) is 3. The molecule has 0 atom stereocenters. The fourth-order valence-electron chi connectivity index (χ4n) is 0.628. The van der Waals surface area contributed by atoms with Crippen LogP contribution in [-0.4, -0.2) is 9.97 Å². The second kappa shape index (κ2) is 3.61. The molecule has 0 saturated heterocycles. The first kappa shape index (κ1) is 6.74. The number of rotatable bonds is 2. The highest BCUT2D eigenvalue weighted by Crippen LogP contribution is 1.91. The lowest BCUT2D eigenvalue weighted by atomic mass is 10.3. The Hall–Kier alpha value is -1.38. The molecule has 52 valence electrons. The second-order valence-corrected chi connectivity index (χ2v) is 1.83. The molecule has 0 aliphatic rings. The maximum atomic E-state index is 5.15. The summed E-state index contributed by atoms with van der Waals surface area (Å²) in [4.78, 5) is 7.79. The predicted molar refractivity (Wildman–Crippen MR) is 39.1 cm³/mol. The molecule has 1 rings (SSSR count). The molecule has 0 amide bonds. The minimum atomic E-state index is 0.777. The Labute approximate surface area is 59.6 Å². The highest BCUT2D eigenvalue weighted by atomic mass is 14.8. The van der Waals surface area contributed by atoms with Crippen molar-refractivity contribution in [2.45, 2.75) is 6.42 Å². The number of nitrogens with zero attached hydrogens (tertiary/aromatic N) is 2. The Balaban J connectivity index is 2.59. The summed E-state index contributed by atoms with van der Waals surface area (Å²) in [6, 6.07) is 1.86. The lowest BCUT2D eigenvalue weighted by molar-refractivity contribution is 1.05. The van der Waals surface area contributed by atoms with Gasteiger partial charge in [-0.25, -0.2) is 9.97 Å². The summed E-state index contributed by atoms with van der Waals surface area (Å²) in [6.07, 6.45) is 7.38. The summed E-state index contributed by atoms with van der Waals surface area (Å²) in [5.74, 6) is 0. The van der Waals surface area contributed by atoms with E-state index in [2.05, 4.69) is 9.97 Å². The number of hydrogen-bond donors (Lipinski definition) is 1. The minimum absolute atomic E-state index is 0.777. The van der Waals surface area contributed by atoms with Crippen molar-refractivity contribution < 1.29 is 0 Å². The van der Waals surface area contributed by atoms with Gasteiger partial charge in [-0.2, -0.15) is 0 Å². The summed E-state index contributed by atoms with van der Waals surface area (Å²) in [5, 5.41) is 0. The van der Waals surface area contributed by atoms with E-state index in [0.29, 0.717) is 0 Å². The zero-order valence-electron chi connectivity index (χ0n) is 5.57. The van der Waals surface area contributed by atoms with Crippen LogP contribution in [0.4, 0.5) is 0 Å². The van der Waals surface area contributed by atoms with Crippen molar-refractivity contribution in [2.24, 2.45) is 5.73 Å². The third-order valence-electron chi connectivity index (χ3n) is 1.11. The molecule has 3 nitrogen and oxygen atoms in total. The van der Waals surface area contributed by atoms with E-state index < -0.39 is 0 Å². The van der Waals surface area contributed by atoms with Crippen molar-refractivity contribution in [3.8, 4) is 0 Å². The molecular weight excluding hydrogens is 126 g/mol. The first-order valence-corrected chi connectivity index (χ1v) is 3.05. The normalized spacial score (nSPS) is 10.4.